The Morgan fingerprint density at radius 3 is 2.89 bits per heavy atom. The van der Waals surface area contributed by atoms with Crippen molar-refractivity contribution in [1.82, 2.24) is 25.1 Å². The van der Waals surface area contributed by atoms with Crippen molar-refractivity contribution >= 4 is 40.3 Å². The Labute approximate surface area is 172 Å². The topological polar surface area (TPSA) is 99.5 Å². The van der Waals surface area contributed by atoms with Crippen molar-refractivity contribution in [3.8, 4) is 5.69 Å². The van der Waals surface area contributed by atoms with E-state index in [1.54, 1.807) is 10.6 Å². The number of carbonyl (C=O) groups is 1. The van der Waals surface area contributed by atoms with Gasteiger partial charge in [-0.1, -0.05) is 36.7 Å². The average molecular weight is 419 g/mol. The van der Waals surface area contributed by atoms with Gasteiger partial charge >= 0.3 is 0 Å². The van der Waals surface area contributed by atoms with Gasteiger partial charge in [0, 0.05) is 22.9 Å². The fourth-order valence-electron chi connectivity index (χ4n) is 2.82. The first-order valence-electron chi connectivity index (χ1n) is 9.10. The molecule has 28 heavy (non-hydrogen) atoms. The minimum absolute atomic E-state index is 0.0519. The smallest absolute Gasteiger partial charge is 0.230 e. The summed E-state index contributed by atoms with van der Waals surface area (Å²) in [6.45, 7) is 6.53. The Morgan fingerprint density at radius 2 is 2.18 bits per heavy atom. The maximum atomic E-state index is 12.1. The molecular weight excluding hydrogens is 396 g/mol. The summed E-state index contributed by atoms with van der Waals surface area (Å²) in [6.07, 6.45) is 1.98. The number of aromatic nitrogens is 4. The Balaban J connectivity index is 2.01. The SMILES string of the molecule is CCCCNC(=O)CSc1nc2n[nH]c(C)c2c(=N)n1-c1ccc(Cl)c(C)c1. The third kappa shape index (κ3) is 4.23. The molecule has 2 aromatic heterocycles. The Hall–Kier alpha value is -2.32. The van der Waals surface area contributed by atoms with Crippen LogP contribution >= 0.6 is 23.4 Å². The van der Waals surface area contributed by atoms with Gasteiger partial charge in [-0.05, 0) is 44.0 Å². The van der Waals surface area contributed by atoms with E-state index in [-0.39, 0.29) is 17.1 Å². The largest absolute Gasteiger partial charge is 0.355 e. The monoisotopic (exact) mass is 418 g/mol. The number of fused-ring (bicyclic) bond motifs is 1. The molecule has 3 N–H and O–H groups in total. The van der Waals surface area contributed by atoms with E-state index in [2.05, 4.69) is 27.4 Å². The standard InChI is InChI=1S/C19H23ClN6OS/c1-4-5-8-22-15(27)10-28-19-23-18-16(12(3)24-25-18)17(21)26(19)13-6-7-14(20)11(2)9-13/h6-7,9,21H,4-5,8,10H2,1-3H3,(H,22,27)(H,24,25). The second-order valence-corrected chi connectivity index (χ2v) is 7.90. The van der Waals surface area contributed by atoms with Crippen LogP contribution in [0.5, 0.6) is 0 Å². The lowest BCUT2D eigenvalue weighted by Gasteiger charge is -2.14. The minimum atomic E-state index is -0.0519. The van der Waals surface area contributed by atoms with Gasteiger partial charge in [0.15, 0.2) is 10.8 Å². The molecule has 0 aliphatic rings. The van der Waals surface area contributed by atoms with Gasteiger partial charge in [-0.15, -0.1) is 0 Å². The number of aromatic amines is 1. The third-order valence-corrected chi connectivity index (χ3v) is 5.73. The summed E-state index contributed by atoms with van der Waals surface area (Å²) in [7, 11) is 0. The second-order valence-electron chi connectivity index (χ2n) is 6.55. The van der Waals surface area contributed by atoms with Gasteiger partial charge in [0.05, 0.1) is 11.1 Å². The zero-order chi connectivity index (χ0) is 20.3. The molecule has 0 unspecified atom stereocenters. The van der Waals surface area contributed by atoms with Gasteiger partial charge in [-0.3, -0.25) is 19.9 Å². The van der Waals surface area contributed by atoms with Crippen molar-refractivity contribution in [2.24, 2.45) is 0 Å². The number of nitrogens with one attached hydrogen (secondary N) is 3. The van der Waals surface area contributed by atoms with Crippen molar-refractivity contribution < 1.29 is 4.79 Å². The van der Waals surface area contributed by atoms with Gasteiger partial charge < -0.3 is 5.32 Å². The molecular formula is C19H23ClN6OS. The number of hydrogen-bond acceptors (Lipinski definition) is 5. The molecule has 0 fully saturated rings. The predicted molar refractivity (Wildman–Crippen MR) is 112 cm³/mol. The number of carbonyl (C=O) groups excluding carboxylic acids is 1. The number of H-pyrrole nitrogens is 1. The highest BCUT2D eigenvalue weighted by atomic mass is 35.5. The molecule has 0 saturated heterocycles. The van der Waals surface area contributed by atoms with Crippen LogP contribution in [0.25, 0.3) is 16.7 Å². The summed E-state index contributed by atoms with van der Waals surface area (Å²) in [5, 5.41) is 20.6. The normalized spacial score (nSPS) is 11.1. The van der Waals surface area contributed by atoms with E-state index in [9.17, 15) is 4.79 Å². The lowest BCUT2D eigenvalue weighted by Crippen LogP contribution is -2.27. The van der Waals surface area contributed by atoms with Crippen molar-refractivity contribution in [1.29, 1.82) is 5.41 Å². The van der Waals surface area contributed by atoms with E-state index >= 15 is 0 Å². The molecule has 0 bridgehead atoms. The maximum Gasteiger partial charge on any atom is 0.230 e. The number of rotatable bonds is 7. The van der Waals surface area contributed by atoms with E-state index in [4.69, 9.17) is 17.0 Å². The lowest BCUT2D eigenvalue weighted by atomic mass is 10.2. The third-order valence-electron chi connectivity index (χ3n) is 4.37. The number of thioether (sulfide) groups is 1. The number of benzene rings is 1. The van der Waals surface area contributed by atoms with Gasteiger partial charge in [0.2, 0.25) is 5.91 Å². The molecule has 0 aliphatic carbocycles. The summed E-state index contributed by atoms with van der Waals surface area (Å²) in [6, 6.07) is 5.56. The van der Waals surface area contributed by atoms with Crippen LogP contribution in [-0.4, -0.2) is 38.0 Å². The van der Waals surface area contributed by atoms with Crippen LogP contribution in [0.15, 0.2) is 23.4 Å². The molecule has 2 heterocycles. The molecule has 7 nitrogen and oxygen atoms in total. The van der Waals surface area contributed by atoms with Crippen LogP contribution in [0.3, 0.4) is 0 Å². The number of nitrogens with zero attached hydrogens (tertiary/aromatic N) is 3. The van der Waals surface area contributed by atoms with Gasteiger partial charge in [0.1, 0.15) is 5.49 Å². The lowest BCUT2D eigenvalue weighted by molar-refractivity contribution is -0.118. The fourth-order valence-corrected chi connectivity index (χ4v) is 3.78. The van der Waals surface area contributed by atoms with Crippen LogP contribution in [0.4, 0.5) is 0 Å². The number of amides is 1. The highest BCUT2D eigenvalue weighted by Gasteiger charge is 2.16. The number of hydrogen-bond donors (Lipinski definition) is 3. The van der Waals surface area contributed by atoms with E-state index in [0.29, 0.717) is 27.8 Å². The highest BCUT2D eigenvalue weighted by molar-refractivity contribution is 7.99. The van der Waals surface area contributed by atoms with Crippen molar-refractivity contribution in [2.75, 3.05) is 12.3 Å². The van der Waals surface area contributed by atoms with Crippen LogP contribution in [0, 0.1) is 19.3 Å². The van der Waals surface area contributed by atoms with Gasteiger partial charge in [0.25, 0.3) is 0 Å². The minimum Gasteiger partial charge on any atom is -0.355 e. The maximum absolute atomic E-state index is 12.1. The molecule has 1 amide bonds. The first-order chi connectivity index (χ1) is 13.4. The fraction of sp³-hybridized carbons (Fsp3) is 0.368. The molecule has 0 aliphatic heterocycles. The summed E-state index contributed by atoms with van der Waals surface area (Å²) in [5.41, 5.74) is 3.20. The number of halogens is 1. The van der Waals surface area contributed by atoms with Crippen LogP contribution in [-0.2, 0) is 4.79 Å². The van der Waals surface area contributed by atoms with Gasteiger partial charge in [-0.2, -0.15) is 5.10 Å². The molecule has 9 heteroatoms. The number of unbranched alkanes of at least 4 members (excludes halogenated alkanes) is 1. The Bertz CT molecular complexity index is 1070. The zero-order valence-corrected chi connectivity index (χ0v) is 17.7. The molecule has 0 spiro atoms. The average Bonchev–Trinajstić information content (AvgIpc) is 3.04. The van der Waals surface area contributed by atoms with E-state index in [1.807, 2.05) is 26.0 Å². The summed E-state index contributed by atoms with van der Waals surface area (Å²) >= 11 is 7.46. The molecule has 3 rings (SSSR count). The van der Waals surface area contributed by atoms with E-state index in [0.717, 1.165) is 29.8 Å². The van der Waals surface area contributed by atoms with Crippen molar-refractivity contribution in [3.05, 3.63) is 40.0 Å². The molecule has 1 aromatic carbocycles. The molecule has 0 radical (unpaired) electrons. The van der Waals surface area contributed by atoms with Crippen LogP contribution < -0.4 is 10.8 Å². The molecule has 0 saturated carbocycles. The van der Waals surface area contributed by atoms with Gasteiger partial charge in [-0.25, -0.2) is 4.98 Å². The first-order valence-corrected chi connectivity index (χ1v) is 10.5. The van der Waals surface area contributed by atoms with Crippen LogP contribution in [0.1, 0.15) is 31.0 Å². The molecule has 3 aromatic rings. The zero-order valence-electron chi connectivity index (χ0n) is 16.1. The number of aryl methyl sites for hydroxylation is 2. The quantitative estimate of drug-likeness (QED) is 0.310. The van der Waals surface area contributed by atoms with E-state index in [1.165, 1.54) is 11.8 Å². The first kappa shape index (κ1) is 20.4. The van der Waals surface area contributed by atoms with Crippen molar-refractivity contribution in [3.63, 3.8) is 0 Å². The predicted octanol–water partition coefficient (Wildman–Crippen LogP) is 3.51. The van der Waals surface area contributed by atoms with E-state index < -0.39 is 0 Å². The molecule has 0 atom stereocenters. The summed E-state index contributed by atoms with van der Waals surface area (Å²) < 4.78 is 1.73. The summed E-state index contributed by atoms with van der Waals surface area (Å²) in [5.74, 6) is 0.168. The Morgan fingerprint density at radius 1 is 1.39 bits per heavy atom. The Kier molecular flexibility index (Phi) is 6.41. The molecule has 148 valence electrons. The van der Waals surface area contributed by atoms with Crippen LogP contribution in [0.2, 0.25) is 5.02 Å². The van der Waals surface area contributed by atoms with Crippen molar-refractivity contribution in [2.45, 2.75) is 38.8 Å². The highest BCUT2D eigenvalue weighted by Crippen LogP contribution is 2.24. The summed E-state index contributed by atoms with van der Waals surface area (Å²) in [4.78, 5) is 16.7. The second kappa shape index (κ2) is 8.79.